The van der Waals surface area contributed by atoms with Crippen LogP contribution in [-0.2, 0) is 14.3 Å². The van der Waals surface area contributed by atoms with Gasteiger partial charge in [-0.1, -0.05) is 19.9 Å². The minimum absolute atomic E-state index is 0.0375. The Morgan fingerprint density at radius 2 is 1.95 bits per heavy atom. The minimum atomic E-state index is -0.108. The third-order valence-corrected chi connectivity index (χ3v) is 2.74. The van der Waals surface area contributed by atoms with Crippen molar-refractivity contribution in [2.45, 2.75) is 13.8 Å². The van der Waals surface area contributed by atoms with Crippen molar-refractivity contribution in [3.63, 3.8) is 0 Å². The first kappa shape index (κ1) is 17.0. The zero-order chi connectivity index (χ0) is 15.7. The van der Waals surface area contributed by atoms with Crippen molar-refractivity contribution in [1.29, 1.82) is 0 Å². The lowest BCUT2D eigenvalue weighted by molar-refractivity contribution is -0.120. The summed E-state index contributed by atoms with van der Waals surface area (Å²) >= 11 is 0. The third kappa shape index (κ3) is 6.76. The molecule has 0 aliphatic carbocycles. The van der Waals surface area contributed by atoms with Crippen LogP contribution in [0, 0.1) is 5.92 Å². The number of rotatable bonds is 8. The largest absolute Gasteiger partial charge is 0.383 e. The van der Waals surface area contributed by atoms with Gasteiger partial charge in [-0.15, -0.1) is 0 Å². The first-order valence-corrected chi connectivity index (χ1v) is 6.93. The van der Waals surface area contributed by atoms with E-state index in [0.29, 0.717) is 18.8 Å². The van der Waals surface area contributed by atoms with Crippen LogP contribution in [0.3, 0.4) is 0 Å². The number of hydrogen-bond acceptors (Lipinski definition) is 4. The Hall–Kier alpha value is -2.08. The summed E-state index contributed by atoms with van der Waals surface area (Å²) < 4.78 is 4.85. The number of benzene rings is 1. The SMILES string of the molecule is COCCNC(=O)CNc1cccc(NC(=O)C(C)C)c1. The van der Waals surface area contributed by atoms with Crippen LogP contribution >= 0.6 is 0 Å². The van der Waals surface area contributed by atoms with E-state index < -0.39 is 0 Å². The number of amides is 2. The van der Waals surface area contributed by atoms with Gasteiger partial charge >= 0.3 is 0 Å². The third-order valence-electron chi connectivity index (χ3n) is 2.74. The second-order valence-corrected chi connectivity index (χ2v) is 4.92. The topological polar surface area (TPSA) is 79.5 Å². The number of hydrogen-bond donors (Lipinski definition) is 3. The molecule has 6 heteroatoms. The van der Waals surface area contributed by atoms with Gasteiger partial charge in [0.2, 0.25) is 11.8 Å². The molecule has 1 aromatic carbocycles. The zero-order valence-corrected chi connectivity index (χ0v) is 12.7. The summed E-state index contributed by atoms with van der Waals surface area (Å²) in [6.07, 6.45) is 0. The zero-order valence-electron chi connectivity index (χ0n) is 12.7. The summed E-state index contributed by atoms with van der Waals surface area (Å²) in [6.45, 7) is 4.82. The van der Waals surface area contributed by atoms with Crippen LogP contribution in [0.4, 0.5) is 11.4 Å². The molecule has 0 aliphatic heterocycles. The normalized spacial score (nSPS) is 10.3. The maximum atomic E-state index is 11.6. The van der Waals surface area contributed by atoms with Gasteiger partial charge in [-0.2, -0.15) is 0 Å². The predicted molar refractivity (Wildman–Crippen MR) is 83.3 cm³/mol. The molecule has 2 amide bonds. The van der Waals surface area contributed by atoms with Crippen molar-refractivity contribution in [1.82, 2.24) is 5.32 Å². The number of nitrogens with one attached hydrogen (secondary N) is 3. The summed E-state index contributed by atoms with van der Waals surface area (Å²) in [5, 5.41) is 8.54. The van der Waals surface area contributed by atoms with E-state index in [1.807, 2.05) is 32.0 Å². The smallest absolute Gasteiger partial charge is 0.239 e. The van der Waals surface area contributed by atoms with Gasteiger partial charge in [0, 0.05) is 30.9 Å². The van der Waals surface area contributed by atoms with E-state index in [0.717, 1.165) is 5.69 Å². The van der Waals surface area contributed by atoms with Gasteiger partial charge in [0.05, 0.1) is 13.2 Å². The average Bonchev–Trinajstić information content (AvgIpc) is 2.45. The lowest BCUT2D eigenvalue weighted by Gasteiger charge is -2.11. The van der Waals surface area contributed by atoms with Crippen LogP contribution in [0.25, 0.3) is 0 Å². The molecule has 1 rings (SSSR count). The van der Waals surface area contributed by atoms with Gasteiger partial charge in [-0.25, -0.2) is 0 Å². The Labute approximate surface area is 125 Å². The Kier molecular flexibility index (Phi) is 7.25. The Bertz CT molecular complexity index is 475. The summed E-state index contributed by atoms with van der Waals surface area (Å²) in [4.78, 5) is 23.2. The minimum Gasteiger partial charge on any atom is -0.383 e. The summed E-state index contributed by atoms with van der Waals surface area (Å²) in [5.74, 6) is -0.221. The van der Waals surface area contributed by atoms with Gasteiger partial charge in [-0.3, -0.25) is 9.59 Å². The number of carbonyl (C=O) groups excluding carboxylic acids is 2. The van der Waals surface area contributed by atoms with E-state index in [1.165, 1.54) is 0 Å². The first-order chi connectivity index (χ1) is 10.0. The molecule has 1 aromatic rings. The standard InChI is InChI=1S/C15H23N3O3/c1-11(2)15(20)18-13-6-4-5-12(9-13)17-10-14(19)16-7-8-21-3/h4-6,9,11,17H,7-8,10H2,1-3H3,(H,16,19)(H,18,20). The summed E-state index contributed by atoms with van der Waals surface area (Å²) in [6, 6.07) is 7.27. The lowest BCUT2D eigenvalue weighted by Crippen LogP contribution is -2.32. The van der Waals surface area contributed by atoms with Gasteiger partial charge in [-0.05, 0) is 18.2 Å². The Morgan fingerprint density at radius 1 is 1.24 bits per heavy atom. The molecule has 0 heterocycles. The summed E-state index contributed by atoms with van der Waals surface area (Å²) in [7, 11) is 1.58. The highest BCUT2D eigenvalue weighted by atomic mass is 16.5. The van der Waals surface area contributed by atoms with Crippen LogP contribution in [0.1, 0.15) is 13.8 Å². The molecule has 0 atom stereocenters. The van der Waals surface area contributed by atoms with Crippen LogP contribution in [0.2, 0.25) is 0 Å². The van der Waals surface area contributed by atoms with Crippen molar-refractivity contribution in [3.05, 3.63) is 24.3 Å². The van der Waals surface area contributed by atoms with Gasteiger partial charge in [0.25, 0.3) is 0 Å². The van der Waals surface area contributed by atoms with Crippen molar-refractivity contribution >= 4 is 23.2 Å². The van der Waals surface area contributed by atoms with Crippen molar-refractivity contribution in [3.8, 4) is 0 Å². The molecule has 0 saturated carbocycles. The van der Waals surface area contributed by atoms with Crippen LogP contribution in [0.5, 0.6) is 0 Å². The Balaban J connectivity index is 2.45. The lowest BCUT2D eigenvalue weighted by atomic mass is 10.2. The quantitative estimate of drug-likeness (QED) is 0.634. The van der Waals surface area contributed by atoms with E-state index in [2.05, 4.69) is 16.0 Å². The molecular weight excluding hydrogens is 270 g/mol. The van der Waals surface area contributed by atoms with Crippen LogP contribution < -0.4 is 16.0 Å². The molecule has 0 aromatic heterocycles. The molecule has 0 bridgehead atoms. The molecule has 0 fully saturated rings. The molecule has 0 aliphatic rings. The van der Waals surface area contributed by atoms with Crippen molar-refractivity contribution in [2.75, 3.05) is 37.4 Å². The molecule has 0 saturated heterocycles. The van der Waals surface area contributed by atoms with E-state index in [1.54, 1.807) is 13.2 Å². The maximum absolute atomic E-state index is 11.6. The van der Waals surface area contributed by atoms with Gasteiger partial charge in [0.15, 0.2) is 0 Å². The Morgan fingerprint density at radius 3 is 2.62 bits per heavy atom. The highest BCUT2D eigenvalue weighted by molar-refractivity contribution is 5.92. The second kappa shape index (κ2) is 8.97. The predicted octanol–water partition coefficient (Wildman–Crippen LogP) is 1.46. The molecule has 0 spiro atoms. The molecular formula is C15H23N3O3. The van der Waals surface area contributed by atoms with E-state index in [-0.39, 0.29) is 24.3 Å². The number of methoxy groups -OCH3 is 1. The monoisotopic (exact) mass is 293 g/mol. The molecule has 6 nitrogen and oxygen atoms in total. The van der Waals surface area contributed by atoms with Crippen LogP contribution in [-0.4, -0.2) is 38.6 Å². The average molecular weight is 293 g/mol. The second-order valence-electron chi connectivity index (χ2n) is 4.92. The maximum Gasteiger partial charge on any atom is 0.239 e. The van der Waals surface area contributed by atoms with Crippen LogP contribution in [0.15, 0.2) is 24.3 Å². The van der Waals surface area contributed by atoms with E-state index in [9.17, 15) is 9.59 Å². The molecule has 116 valence electrons. The highest BCUT2D eigenvalue weighted by Gasteiger charge is 2.07. The van der Waals surface area contributed by atoms with Crippen molar-refractivity contribution < 1.29 is 14.3 Å². The van der Waals surface area contributed by atoms with Crippen molar-refractivity contribution in [2.24, 2.45) is 5.92 Å². The number of ether oxygens (including phenoxy) is 1. The first-order valence-electron chi connectivity index (χ1n) is 6.93. The fourth-order valence-electron chi connectivity index (χ4n) is 1.53. The molecule has 3 N–H and O–H groups in total. The van der Waals surface area contributed by atoms with E-state index >= 15 is 0 Å². The number of anilines is 2. The summed E-state index contributed by atoms with van der Waals surface area (Å²) in [5.41, 5.74) is 1.48. The van der Waals surface area contributed by atoms with Gasteiger partial charge in [0.1, 0.15) is 0 Å². The highest BCUT2D eigenvalue weighted by Crippen LogP contribution is 2.15. The fourth-order valence-corrected chi connectivity index (χ4v) is 1.53. The number of carbonyl (C=O) groups is 2. The molecule has 0 radical (unpaired) electrons. The van der Waals surface area contributed by atoms with Gasteiger partial charge < -0.3 is 20.7 Å². The fraction of sp³-hybridized carbons (Fsp3) is 0.467. The molecule has 0 unspecified atom stereocenters. The molecule has 21 heavy (non-hydrogen) atoms. The van der Waals surface area contributed by atoms with E-state index in [4.69, 9.17) is 4.74 Å².